The van der Waals surface area contributed by atoms with Crippen LogP contribution in [-0.4, -0.2) is 56.8 Å². The summed E-state index contributed by atoms with van der Waals surface area (Å²) in [5.41, 5.74) is 1.61. The fourth-order valence-corrected chi connectivity index (χ4v) is 6.73. The van der Waals surface area contributed by atoms with Crippen LogP contribution in [0.2, 0.25) is 0 Å². The van der Waals surface area contributed by atoms with E-state index in [1.54, 1.807) is 12.1 Å². The van der Waals surface area contributed by atoms with E-state index in [1.807, 2.05) is 4.90 Å². The summed E-state index contributed by atoms with van der Waals surface area (Å²) >= 11 is 0. The van der Waals surface area contributed by atoms with Crippen molar-refractivity contribution in [2.24, 2.45) is 0 Å². The van der Waals surface area contributed by atoms with Gasteiger partial charge in [0, 0.05) is 25.3 Å². The van der Waals surface area contributed by atoms with Gasteiger partial charge in [0.2, 0.25) is 21.8 Å². The number of benzene rings is 2. The van der Waals surface area contributed by atoms with Gasteiger partial charge in [0.05, 0.1) is 16.3 Å². The molecule has 0 aromatic heterocycles. The predicted molar refractivity (Wildman–Crippen MR) is 131 cm³/mol. The number of sulfonamides is 1. The molecule has 3 heterocycles. The molecule has 3 aliphatic rings. The van der Waals surface area contributed by atoms with Gasteiger partial charge in [-0.1, -0.05) is 6.42 Å². The largest absolute Gasteiger partial charge is 0.358 e. The summed E-state index contributed by atoms with van der Waals surface area (Å²) in [4.78, 5) is 29.9. The molecule has 2 saturated heterocycles. The summed E-state index contributed by atoms with van der Waals surface area (Å²) in [6.07, 6.45) is 5.21. The molecule has 1 N–H and O–H groups in total. The van der Waals surface area contributed by atoms with Crippen molar-refractivity contribution in [1.29, 1.82) is 0 Å². The molecule has 2 amide bonds. The van der Waals surface area contributed by atoms with Crippen LogP contribution < -0.4 is 15.1 Å². The number of hydrogen-bond acceptors (Lipinski definition) is 5. The van der Waals surface area contributed by atoms with Gasteiger partial charge < -0.3 is 10.2 Å². The first-order valence-corrected chi connectivity index (χ1v) is 13.6. The van der Waals surface area contributed by atoms with Crippen molar-refractivity contribution in [2.75, 3.05) is 41.3 Å². The lowest BCUT2D eigenvalue weighted by atomic mass is 9.96. The van der Waals surface area contributed by atoms with Gasteiger partial charge in [0.1, 0.15) is 18.4 Å². The standard InChI is InChI=1S/C25H29FN4O4S/c26-18-7-9-19(10-8-18)27-24(31)17-30-23-16-20(35(33,34)28-13-3-1-4-14-28)11-12-21(23)29-15-5-2-6-22(29)25(30)32/h7-12,16,22H,1-6,13-15,17H2,(H,27,31)/t22-/m0/s1. The van der Waals surface area contributed by atoms with Crippen LogP contribution in [0.1, 0.15) is 38.5 Å². The van der Waals surface area contributed by atoms with E-state index in [1.165, 1.54) is 39.5 Å². The van der Waals surface area contributed by atoms with Crippen molar-refractivity contribution < 1.29 is 22.4 Å². The van der Waals surface area contributed by atoms with Crippen molar-refractivity contribution >= 4 is 38.9 Å². The summed E-state index contributed by atoms with van der Waals surface area (Å²) in [5.74, 6) is -1.06. The van der Waals surface area contributed by atoms with Crippen LogP contribution in [0.5, 0.6) is 0 Å². The number of piperidine rings is 2. The van der Waals surface area contributed by atoms with E-state index in [4.69, 9.17) is 0 Å². The van der Waals surface area contributed by atoms with Crippen molar-refractivity contribution in [3.05, 3.63) is 48.3 Å². The molecule has 0 saturated carbocycles. The van der Waals surface area contributed by atoms with Crippen LogP contribution in [0.3, 0.4) is 0 Å². The summed E-state index contributed by atoms with van der Waals surface area (Å²) in [6.45, 7) is 1.41. The van der Waals surface area contributed by atoms with Crippen LogP contribution in [0.25, 0.3) is 0 Å². The molecular formula is C25H29FN4O4S. The van der Waals surface area contributed by atoms with E-state index in [-0.39, 0.29) is 23.4 Å². The van der Waals surface area contributed by atoms with Gasteiger partial charge in [0.15, 0.2) is 0 Å². The quantitative estimate of drug-likeness (QED) is 0.680. The van der Waals surface area contributed by atoms with Gasteiger partial charge in [0.25, 0.3) is 0 Å². The van der Waals surface area contributed by atoms with Gasteiger partial charge in [-0.25, -0.2) is 12.8 Å². The van der Waals surface area contributed by atoms with Gasteiger partial charge in [-0.3, -0.25) is 14.5 Å². The Hall–Kier alpha value is -2.98. The molecule has 0 aliphatic carbocycles. The second-order valence-corrected chi connectivity index (χ2v) is 11.2. The number of halogens is 1. The minimum Gasteiger partial charge on any atom is -0.358 e. The molecule has 2 aromatic carbocycles. The topological polar surface area (TPSA) is 90.0 Å². The zero-order chi connectivity index (χ0) is 24.6. The SMILES string of the molecule is O=C(CN1C(=O)[C@@H]2CCCCN2c2ccc(S(=O)(=O)N3CCCCC3)cc21)Nc1ccc(F)cc1. The first-order chi connectivity index (χ1) is 16.8. The molecule has 186 valence electrons. The van der Waals surface area contributed by atoms with E-state index >= 15 is 0 Å². The molecule has 0 bridgehead atoms. The van der Waals surface area contributed by atoms with Gasteiger partial charge in [-0.15, -0.1) is 0 Å². The number of anilines is 3. The van der Waals surface area contributed by atoms with E-state index < -0.39 is 21.7 Å². The lowest BCUT2D eigenvalue weighted by molar-refractivity contribution is -0.123. The fourth-order valence-electron chi connectivity index (χ4n) is 5.19. The first kappa shape index (κ1) is 23.7. The average Bonchev–Trinajstić information content (AvgIpc) is 2.88. The summed E-state index contributed by atoms with van der Waals surface area (Å²) in [6, 6.07) is 9.93. The second kappa shape index (κ2) is 9.58. The third-order valence-corrected chi connectivity index (χ3v) is 8.88. The predicted octanol–water partition coefficient (Wildman–Crippen LogP) is 3.34. The molecule has 2 fully saturated rings. The smallest absolute Gasteiger partial charge is 0.250 e. The molecule has 10 heteroatoms. The number of carbonyl (C=O) groups excluding carboxylic acids is 2. The van der Waals surface area contributed by atoms with Crippen LogP contribution in [0, 0.1) is 5.82 Å². The molecule has 0 radical (unpaired) electrons. The Bertz CT molecular complexity index is 1230. The van der Waals surface area contributed by atoms with Crippen molar-refractivity contribution in [1.82, 2.24) is 4.31 Å². The number of hydrogen-bond donors (Lipinski definition) is 1. The zero-order valence-corrected chi connectivity index (χ0v) is 20.3. The monoisotopic (exact) mass is 500 g/mol. The minimum absolute atomic E-state index is 0.130. The third kappa shape index (κ3) is 4.64. The molecule has 0 spiro atoms. The summed E-state index contributed by atoms with van der Waals surface area (Å²) in [5, 5.41) is 2.70. The normalized spacial score (nSPS) is 20.8. The fraction of sp³-hybridized carbons (Fsp3) is 0.440. The van der Waals surface area contributed by atoms with Crippen LogP contribution in [-0.2, 0) is 19.6 Å². The highest BCUT2D eigenvalue weighted by atomic mass is 32.2. The number of carbonyl (C=O) groups is 2. The highest BCUT2D eigenvalue weighted by Crippen LogP contribution is 2.41. The van der Waals surface area contributed by atoms with Crippen LogP contribution in [0.4, 0.5) is 21.5 Å². The van der Waals surface area contributed by atoms with E-state index in [2.05, 4.69) is 5.32 Å². The zero-order valence-electron chi connectivity index (χ0n) is 19.5. The lowest BCUT2D eigenvalue weighted by Crippen LogP contribution is -2.56. The molecule has 8 nitrogen and oxygen atoms in total. The van der Waals surface area contributed by atoms with E-state index in [0.717, 1.165) is 37.8 Å². The van der Waals surface area contributed by atoms with E-state index in [0.29, 0.717) is 37.4 Å². The minimum atomic E-state index is -3.71. The number of nitrogens with zero attached hydrogens (tertiary/aromatic N) is 3. The molecule has 2 aromatic rings. The molecule has 3 aliphatic heterocycles. The Labute approximate surface area is 204 Å². The number of fused-ring (bicyclic) bond motifs is 3. The summed E-state index contributed by atoms with van der Waals surface area (Å²) < 4.78 is 41.4. The Morgan fingerprint density at radius 2 is 1.66 bits per heavy atom. The molecule has 0 unspecified atom stereocenters. The van der Waals surface area contributed by atoms with Gasteiger partial charge in [-0.2, -0.15) is 4.31 Å². The van der Waals surface area contributed by atoms with Crippen molar-refractivity contribution in [3.8, 4) is 0 Å². The molecular weight excluding hydrogens is 471 g/mol. The summed E-state index contributed by atoms with van der Waals surface area (Å²) in [7, 11) is -3.71. The Morgan fingerprint density at radius 3 is 2.40 bits per heavy atom. The maximum absolute atomic E-state index is 13.5. The van der Waals surface area contributed by atoms with E-state index in [9.17, 15) is 22.4 Å². The van der Waals surface area contributed by atoms with Crippen molar-refractivity contribution in [2.45, 2.75) is 49.5 Å². The maximum Gasteiger partial charge on any atom is 0.250 e. The Morgan fingerprint density at radius 1 is 0.943 bits per heavy atom. The molecule has 35 heavy (non-hydrogen) atoms. The third-order valence-electron chi connectivity index (χ3n) is 6.98. The number of rotatable bonds is 5. The number of nitrogens with one attached hydrogen (secondary N) is 1. The van der Waals surface area contributed by atoms with Crippen LogP contribution >= 0.6 is 0 Å². The first-order valence-electron chi connectivity index (χ1n) is 12.1. The average molecular weight is 501 g/mol. The second-order valence-electron chi connectivity index (χ2n) is 9.30. The maximum atomic E-state index is 13.5. The molecule has 5 rings (SSSR count). The molecule has 1 atom stereocenters. The van der Waals surface area contributed by atoms with Crippen molar-refractivity contribution in [3.63, 3.8) is 0 Å². The van der Waals surface area contributed by atoms with Crippen LogP contribution in [0.15, 0.2) is 47.4 Å². The lowest BCUT2D eigenvalue weighted by Gasteiger charge is -2.45. The highest BCUT2D eigenvalue weighted by molar-refractivity contribution is 7.89. The van der Waals surface area contributed by atoms with Gasteiger partial charge >= 0.3 is 0 Å². The Kier molecular flexibility index (Phi) is 6.50. The van der Waals surface area contributed by atoms with Gasteiger partial charge in [-0.05, 0) is 74.6 Å². The Balaban J connectivity index is 1.48. The highest BCUT2D eigenvalue weighted by Gasteiger charge is 2.41. The number of amides is 2.